The molecule has 2 aliphatic rings. The minimum atomic E-state index is 0. The molecule has 2 aliphatic heterocycles. The van der Waals surface area contributed by atoms with Gasteiger partial charge in [0, 0.05) is 52.9 Å². The maximum Gasteiger partial charge on any atom is 0.241 e. The fraction of sp³-hybridized carbons (Fsp3) is 0.667. The molecule has 2 fully saturated rings. The van der Waals surface area contributed by atoms with E-state index < -0.39 is 0 Å². The van der Waals surface area contributed by atoms with Crippen molar-refractivity contribution in [3.63, 3.8) is 0 Å². The Morgan fingerprint density at radius 2 is 1.78 bits per heavy atom. The first-order valence-electron chi connectivity index (χ1n) is 11.7. The number of likely N-dealkylation sites (tertiary alicyclic amines) is 2. The van der Waals surface area contributed by atoms with Gasteiger partial charge in [0.1, 0.15) is 0 Å². The van der Waals surface area contributed by atoms with E-state index >= 15 is 0 Å². The van der Waals surface area contributed by atoms with Crippen LogP contribution in [0.5, 0.6) is 0 Å². The molecule has 3 rings (SSSR count). The summed E-state index contributed by atoms with van der Waals surface area (Å²) in [4.78, 5) is 21.4. The van der Waals surface area contributed by atoms with E-state index in [9.17, 15) is 4.79 Å². The smallest absolute Gasteiger partial charge is 0.241 e. The number of rotatable bonds is 8. The summed E-state index contributed by atoms with van der Waals surface area (Å²) in [5.74, 6) is 1.56. The van der Waals surface area contributed by atoms with Crippen molar-refractivity contribution < 1.29 is 9.53 Å². The number of nitrogens with zero attached hydrogens (tertiary/aromatic N) is 3. The standard InChI is InChI=1S/C24H39N5O2.HI/c1-25-24(27-22-10-12-28(13-11-22)16-17-31-2)26-19-23(30)29-14-8-21(9-15-29)18-20-6-4-3-5-7-20;/h3-7,21-22H,8-19H2,1-2H3,(H2,25,26,27);1H. The molecular weight excluding hydrogens is 517 g/mol. The van der Waals surface area contributed by atoms with Gasteiger partial charge in [-0.05, 0) is 43.6 Å². The van der Waals surface area contributed by atoms with E-state index in [0.29, 0.717) is 18.5 Å². The Hall–Kier alpha value is -1.39. The van der Waals surface area contributed by atoms with Gasteiger partial charge in [0.05, 0.1) is 13.2 Å². The maximum absolute atomic E-state index is 12.7. The van der Waals surface area contributed by atoms with Crippen molar-refractivity contribution in [3.05, 3.63) is 35.9 Å². The van der Waals surface area contributed by atoms with Crippen LogP contribution in [0.25, 0.3) is 0 Å². The molecule has 0 radical (unpaired) electrons. The van der Waals surface area contributed by atoms with Crippen LogP contribution in [0.15, 0.2) is 35.3 Å². The van der Waals surface area contributed by atoms with Crippen LogP contribution >= 0.6 is 24.0 Å². The van der Waals surface area contributed by atoms with Crippen LogP contribution in [-0.2, 0) is 16.0 Å². The van der Waals surface area contributed by atoms with E-state index in [2.05, 4.69) is 50.9 Å². The number of hydrogen-bond acceptors (Lipinski definition) is 4. The van der Waals surface area contributed by atoms with Gasteiger partial charge in [-0.1, -0.05) is 30.3 Å². The molecule has 1 amide bonds. The Balaban J connectivity index is 0.00000363. The first-order valence-corrected chi connectivity index (χ1v) is 11.7. The average Bonchev–Trinajstić information content (AvgIpc) is 2.82. The molecule has 0 aliphatic carbocycles. The molecule has 0 unspecified atom stereocenters. The Kier molecular flexibility index (Phi) is 12.3. The normalized spacial score (nSPS) is 18.8. The van der Waals surface area contributed by atoms with E-state index in [-0.39, 0.29) is 29.9 Å². The second-order valence-electron chi connectivity index (χ2n) is 8.69. The van der Waals surface area contributed by atoms with Gasteiger partial charge in [0.25, 0.3) is 0 Å². The van der Waals surface area contributed by atoms with Crippen molar-refractivity contribution in [2.75, 3.05) is 60.0 Å². The Morgan fingerprint density at radius 1 is 1.09 bits per heavy atom. The number of carbonyl (C=O) groups excluding carboxylic acids is 1. The second kappa shape index (κ2) is 14.7. The van der Waals surface area contributed by atoms with Gasteiger partial charge >= 0.3 is 0 Å². The van der Waals surface area contributed by atoms with Crippen LogP contribution in [0.4, 0.5) is 0 Å². The predicted octanol–water partition coefficient (Wildman–Crippen LogP) is 2.36. The van der Waals surface area contributed by atoms with Crippen LogP contribution in [-0.4, -0.2) is 87.7 Å². The highest BCUT2D eigenvalue weighted by atomic mass is 127. The molecule has 32 heavy (non-hydrogen) atoms. The predicted molar refractivity (Wildman–Crippen MR) is 141 cm³/mol. The number of aliphatic imine (C=N–C) groups is 1. The first kappa shape index (κ1) is 26.9. The van der Waals surface area contributed by atoms with Crippen LogP contribution in [0.3, 0.4) is 0 Å². The molecule has 0 atom stereocenters. The number of carbonyl (C=O) groups is 1. The van der Waals surface area contributed by atoms with Crippen LogP contribution in [0, 0.1) is 5.92 Å². The zero-order valence-corrected chi connectivity index (χ0v) is 21.9. The van der Waals surface area contributed by atoms with Crippen LogP contribution in [0.2, 0.25) is 0 Å². The molecule has 0 saturated carbocycles. The lowest BCUT2D eigenvalue weighted by molar-refractivity contribution is -0.131. The van der Waals surface area contributed by atoms with E-state index in [1.54, 1.807) is 14.2 Å². The quantitative estimate of drug-likeness (QED) is 0.292. The van der Waals surface area contributed by atoms with Crippen molar-refractivity contribution in [1.82, 2.24) is 20.4 Å². The number of hydrogen-bond donors (Lipinski definition) is 2. The third kappa shape index (κ3) is 8.86. The van der Waals surface area contributed by atoms with E-state index in [4.69, 9.17) is 4.74 Å². The summed E-state index contributed by atoms with van der Waals surface area (Å²) in [5, 5.41) is 6.71. The highest BCUT2D eigenvalue weighted by molar-refractivity contribution is 14.0. The first-order chi connectivity index (χ1) is 15.2. The van der Waals surface area contributed by atoms with Crippen molar-refractivity contribution in [3.8, 4) is 0 Å². The molecule has 8 heteroatoms. The molecule has 0 bridgehead atoms. The SMILES string of the molecule is CN=C(NCC(=O)N1CCC(Cc2ccccc2)CC1)NC1CCN(CCOC)CC1.I. The number of amides is 1. The second-order valence-corrected chi connectivity index (χ2v) is 8.69. The third-order valence-corrected chi connectivity index (χ3v) is 6.51. The van der Waals surface area contributed by atoms with E-state index in [1.807, 2.05) is 4.90 Å². The van der Waals surface area contributed by atoms with Gasteiger partial charge in [0.15, 0.2) is 5.96 Å². The summed E-state index contributed by atoms with van der Waals surface area (Å²) in [6.07, 6.45) is 5.42. The van der Waals surface area contributed by atoms with Gasteiger partial charge in [-0.15, -0.1) is 24.0 Å². The van der Waals surface area contributed by atoms with Gasteiger partial charge in [-0.2, -0.15) is 0 Å². The molecule has 180 valence electrons. The number of benzene rings is 1. The molecular formula is C24H40IN5O2. The zero-order valence-electron chi connectivity index (χ0n) is 19.6. The number of halogens is 1. The van der Waals surface area contributed by atoms with E-state index in [1.165, 1.54) is 5.56 Å². The van der Waals surface area contributed by atoms with Crippen molar-refractivity contribution >= 4 is 35.8 Å². The fourth-order valence-corrected chi connectivity index (χ4v) is 4.51. The molecule has 2 N–H and O–H groups in total. The number of piperidine rings is 2. The lowest BCUT2D eigenvalue weighted by Gasteiger charge is -2.33. The van der Waals surface area contributed by atoms with Crippen LogP contribution in [0.1, 0.15) is 31.2 Å². The monoisotopic (exact) mass is 557 g/mol. The summed E-state index contributed by atoms with van der Waals surface area (Å²) in [6, 6.07) is 11.1. The van der Waals surface area contributed by atoms with Gasteiger partial charge < -0.3 is 25.2 Å². The van der Waals surface area contributed by atoms with Gasteiger partial charge in [-0.3, -0.25) is 9.79 Å². The molecule has 2 heterocycles. The van der Waals surface area contributed by atoms with Crippen LogP contribution < -0.4 is 10.6 Å². The summed E-state index contributed by atoms with van der Waals surface area (Å²) >= 11 is 0. The Morgan fingerprint density at radius 3 is 2.41 bits per heavy atom. The average molecular weight is 558 g/mol. The fourth-order valence-electron chi connectivity index (χ4n) is 4.51. The molecule has 0 aromatic heterocycles. The van der Waals surface area contributed by atoms with Crippen molar-refractivity contribution in [1.29, 1.82) is 0 Å². The summed E-state index contributed by atoms with van der Waals surface area (Å²) < 4.78 is 5.17. The third-order valence-electron chi connectivity index (χ3n) is 6.51. The van der Waals surface area contributed by atoms with Gasteiger partial charge in [-0.25, -0.2) is 0 Å². The largest absolute Gasteiger partial charge is 0.383 e. The van der Waals surface area contributed by atoms with E-state index in [0.717, 1.165) is 77.4 Å². The topological polar surface area (TPSA) is 69.2 Å². The summed E-state index contributed by atoms with van der Waals surface area (Å²) in [6.45, 7) is 5.91. The Labute approximate surface area is 210 Å². The highest BCUT2D eigenvalue weighted by Gasteiger charge is 2.24. The number of ether oxygens (including phenoxy) is 1. The summed E-state index contributed by atoms with van der Waals surface area (Å²) in [7, 11) is 3.51. The molecule has 7 nitrogen and oxygen atoms in total. The maximum atomic E-state index is 12.7. The lowest BCUT2D eigenvalue weighted by Crippen LogP contribution is -2.51. The molecule has 1 aromatic rings. The number of methoxy groups -OCH3 is 1. The molecule has 0 spiro atoms. The minimum Gasteiger partial charge on any atom is -0.383 e. The zero-order chi connectivity index (χ0) is 21.9. The number of guanidine groups is 1. The number of nitrogens with one attached hydrogen (secondary N) is 2. The highest BCUT2D eigenvalue weighted by Crippen LogP contribution is 2.21. The minimum absolute atomic E-state index is 0. The molecule has 1 aromatic carbocycles. The van der Waals surface area contributed by atoms with Crippen molar-refractivity contribution in [2.45, 2.75) is 38.1 Å². The molecule has 2 saturated heterocycles. The van der Waals surface area contributed by atoms with Gasteiger partial charge in [0.2, 0.25) is 5.91 Å². The Bertz CT molecular complexity index is 687. The lowest BCUT2D eigenvalue weighted by atomic mass is 9.90. The van der Waals surface area contributed by atoms with Crippen molar-refractivity contribution in [2.24, 2.45) is 10.9 Å². The summed E-state index contributed by atoms with van der Waals surface area (Å²) in [5.41, 5.74) is 1.40.